The van der Waals surface area contributed by atoms with Gasteiger partial charge in [-0.2, -0.15) is 0 Å². The van der Waals surface area contributed by atoms with E-state index in [1.807, 2.05) is 12.1 Å². The van der Waals surface area contributed by atoms with Crippen LogP contribution in [0.1, 0.15) is 12.1 Å². The number of amides is 1. The van der Waals surface area contributed by atoms with E-state index < -0.39 is 0 Å². The fraction of sp³-hybridized carbons (Fsp3) is 0.538. The van der Waals surface area contributed by atoms with E-state index in [0.29, 0.717) is 24.0 Å². The van der Waals surface area contributed by atoms with Gasteiger partial charge in [-0.1, -0.05) is 0 Å². The van der Waals surface area contributed by atoms with E-state index in [1.165, 1.54) is 6.42 Å². The van der Waals surface area contributed by atoms with Crippen molar-refractivity contribution >= 4 is 11.7 Å². The topological polar surface area (TPSA) is 75.3 Å². The van der Waals surface area contributed by atoms with Gasteiger partial charge in [0, 0.05) is 6.54 Å². The molecule has 1 atom stereocenters. The maximum Gasteiger partial charge on any atom is 0.263 e. The lowest BCUT2D eigenvalue weighted by molar-refractivity contribution is -0.118. The van der Waals surface area contributed by atoms with Crippen molar-refractivity contribution in [1.82, 2.24) is 15.6 Å². The molecule has 0 bridgehead atoms. The van der Waals surface area contributed by atoms with Crippen molar-refractivity contribution in [2.45, 2.75) is 13.0 Å². The van der Waals surface area contributed by atoms with Gasteiger partial charge in [0.2, 0.25) is 0 Å². The quantitative estimate of drug-likeness (QED) is 0.718. The molecule has 3 rings (SSSR count). The zero-order valence-corrected chi connectivity index (χ0v) is 10.7. The molecule has 0 unspecified atom stereocenters. The predicted molar refractivity (Wildman–Crippen MR) is 71.0 cm³/mol. The van der Waals surface area contributed by atoms with Crippen LogP contribution in [0.3, 0.4) is 0 Å². The number of ether oxygens (including phenoxy) is 1. The van der Waals surface area contributed by atoms with Crippen molar-refractivity contribution in [2.24, 2.45) is 5.92 Å². The molecule has 1 aromatic heterocycles. The molecule has 6 nitrogen and oxygen atoms in total. The Morgan fingerprint density at radius 2 is 2.42 bits per heavy atom. The lowest BCUT2D eigenvalue weighted by Gasteiger charge is -2.17. The average Bonchev–Trinajstić information content (AvgIpc) is 2.91. The Kier molecular flexibility index (Phi) is 3.61. The molecule has 3 N–H and O–H groups in total. The van der Waals surface area contributed by atoms with Gasteiger partial charge in [0.25, 0.3) is 5.91 Å². The highest BCUT2D eigenvalue weighted by molar-refractivity contribution is 5.94. The molecule has 2 aliphatic rings. The van der Waals surface area contributed by atoms with Crippen molar-refractivity contribution < 1.29 is 9.53 Å². The highest BCUT2D eigenvalue weighted by atomic mass is 16.5. The zero-order valence-electron chi connectivity index (χ0n) is 10.7. The molecule has 0 aliphatic carbocycles. The number of aromatic nitrogens is 1. The monoisotopic (exact) mass is 262 g/mol. The number of carbonyl (C=O) groups excluding carboxylic acids is 1. The molecule has 1 fully saturated rings. The van der Waals surface area contributed by atoms with Gasteiger partial charge in [0.1, 0.15) is 0 Å². The molecular formula is C13H18N4O2. The average molecular weight is 262 g/mol. The number of pyridine rings is 1. The molecule has 0 aromatic carbocycles. The maximum atomic E-state index is 11.2. The first-order valence-corrected chi connectivity index (χ1v) is 6.65. The largest absolute Gasteiger partial charge is 0.480 e. The summed E-state index contributed by atoms with van der Waals surface area (Å²) in [6, 6.07) is 3.78. The van der Waals surface area contributed by atoms with E-state index in [4.69, 9.17) is 4.74 Å². The number of rotatable bonds is 4. The second-order valence-electron chi connectivity index (χ2n) is 4.98. The molecule has 0 saturated carbocycles. The first kappa shape index (κ1) is 12.4. The van der Waals surface area contributed by atoms with E-state index in [2.05, 4.69) is 20.9 Å². The summed E-state index contributed by atoms with van der Waals surface area (Å²) in [6.45, 7) is 3.98. The van der Waals surface area contributed by atoms with E-state index in [1.54, 1.807) is 0 Å². The second-order valence-corrected chi connectivity index (χ2v) is 4.98. The Balaban J connectivity index is 1.56. The highest BCUT2D eigenvalue weighted by Crippen LogP contribution is 2.25. The van der Waals surface area contributed by atoms with Crippen LogP contribution in [0.2, 0.25) is 0 Å². The summed E-state index contributed by atoms with van der Waals surface area (Å²) in [7, 11) is 0. The number of hydrogen-bond donors (Lipinski definition) is 3. The van der Waals surface area contributed by atoms with Crippen molar-refractivity contribution in [1.29, 1.82) is 0 Å². The molecule has 0 radical (unpaired) electrons. The number of nitrogens with one attached hydrogen (secondary N) is 3. The third-order valence-corrected chi connectivity index (χ3v) is 3.43. The predicted octanol–water partition coefficient (Wildman–Crippen LogP) is 0.112. The number of nitrogens with zero attached hydrogens (tertiary/aromatic N) is 1. The number of hydrogen-bond acceptors (Lipinski definition) is 5. The van der Waals surface area contributed by atoms with Gasteiger partial charge in [0.05, 0.1) is 5.69 Å². The van der Waals surface area contributed by atoms with Crippen LogP contribution in [0.4, 0.5) is 5.82 Å². The summed E-state index contributed by atoms with van der Waals surface area (Å²) in [5.74, 6) is 1.73. The van der Waals surface area contributed by atoms with Crippen LogP contribution in [0.25, 0.3) is 0 Å². The summed E-state index contributed by atoms with van der Waals surface area (Å²) in [6.07, 6.45) is 1.23. The standard InChI is InChI=1S/C13H18N4O2/c18-12-8-19-11-2-1-10(16-13(11)17-12)7-15-6-9-3-4-14-5-9/h1-2,9,14-15H,3-8H2,(H,16,17,18)/t9-/m0/s1. The van der Waals surface area contributed by atoms with Crippen LogP contribution in [0.5, 0.6) is 5.75 Å². The number of carbonyl (C=O) groups is 1. The lowest BCUT2D eigenvalue weighted by atomic mass is 10.1. The molecule has 1 amide bonds. The summed E-state index contributed by atoms with van der Waals surface area (Å²) < 4.78 is 5.27. The van der Waals surface area contributed by atoms with E-state index in [-0.39, 0.29) is 12.5 Å². The van der Waals surface area contributed by atoms with Gasteiger partial charge in [0.15, 0.2) is 18.2 Å². The second kappa shape index (κ2) is 5.54. The minimum atomic E-state index is -0.151. The van der Waals surface area contributed by atoms with Crippen molar-refractivity contribution in [2.75, 3.05) is 31.6 Å². The van der Waals surface area contributed by atoms with Crippen LogP contribution < -0.4 is 20.7 Å². The fourth-order valence-corrected chi connectivity index (χ4v) is 2.40. The van der Waals surface area contributed by atoms with Crippen LogP contribution in [0, 0.1) is 5.92 Å². The smallest absolute Gasteiger partial charge is 0.263 e. The highest BCUT2D eigenvalue weighted by Gasteiger charge is 2.17. The molecule has 102 valence electrons. The van der Waals surface area contributed by atoms with Gasteiger partial charge < -0.3 is 20.7 Å². The molecule has 1 aromatic rings. The SMILES string of the molecule is O=C1COc2ccc(CNC[C@H]3CCNC3)nc2N1. The minimum Gasteiger partial charge on any atom is -0.480 e. The number of fused-ring (bicyclic) bond motifs is 1. The number of anilines is 1. The van der Waals surface area contributed by atoms with Crippen LogP contribution in [0.15, 0.2) is 12.1 Å². The third kappa shape index (κ3) is 3.02. The van der Waals surface area contributed by atoms with Crippen molar-refractivity contribution in [3.63, 3.8) is 0 Å². The molecule has 2 aliphatic heterocycles. The van der Waals surface area contributed by atoms with Gasteiger partial charge >= 0.3 is 0 Å². The Morgan fingerprint density at radius 1 is 1.47 bits per heavy atom. The van der Waals surface area contributed by atoms with Crippen LogP contribution in [-0.2, 0) is 11.3 Å². The van der Waals surface area contributed by atoms with Gasteiger partial charge in [-0.25, -0.2) is 4.98 Å². The Morgan fingerprint density at radius 3 is 3.26 bits per heavy atom. The maximum absolute atomic E-state index is 11.2. The lowest BCUT2D eigenvalue weighted by Crippen LogP contribution is -2.27. The Hall–Kier alpha value is -1.66. The van der Waals surface area contributed by atoms with Crippen LogP contribution >= 0.6 is 0 Å². The zero-order chi connectivity index (χ0) is 13.1. The minimum absolute atomic E-state index is 0.0704. The molecular weight excluding hydrogens is 244 g/mol. The first-order chi connectivity index (χ1) is 9.31. The molecule has 3 heterocycles. The third-order valence-electron chi connectivity index (χ3n) is 3.43. The van der Waals surface area contributed by atoms with E-state index in [0.717, 1.165) is 25.3 Å². The van der Waals surface area contributed by atoms with Crippen molar-refractivity contribution in [3.8, 4) is 5.75 Å². The van der Waals surface area contributed by atoms with Gasteiger partial charge in [-0.15, -0.1) is 0 Å². The molecule has 6 heteroatoms. The molecule has 19 heavy (non-hydrogen) atoms. The first-order valence-electron chi connectivity index (χ1n) is 6.65. The summed E-state index contributed by atoms with van der Waals surface area (Å²) in [5.41, 5.74) is 0.913. The summed E-state index contributed by atoms with van der Waals surface area (Å²) >= 11 is 0. The van der Waals surface area contributed by atoms with Gasteiger partial charge in [-0.3, -0.25) is 4.79 Å². The normalized spacial score (nSPS) is 21.7. The van der Waals surface area contributed by atoms with Gasteiger partial charge in [-0.05, 0) is 44.1 Å². The fourth-order valence-electron chi connectivity index (χ4n) is 2.40. The summed E-state index contributed by atoms with van der Waals surface area (Å²) in [4.78, 5) is 15.6. The Bertz CT molecular complexity index is 472. The molecule has 0 spiro atoms. The van der Waals surface area contributed by atoms with Crippen molar-refractivity contribution in [3.05, 3.63) is 17.8 Å². The summed E-state index contributed by atoms with van der Waals surface area (Å²) in [5, 5.41) is 9.47. The van der Waals surface area contributed by atoms with Crippen LogP contribution in [-0.4, -0.2) is 37.1 Å². The van der Waals surface area contributed by atoms with E-state index in [9.17, 15) is 4.79 Å². The van der Waals surface area contributed by atoms with E-state index >= 15 is 0 Å². The molecule has 1 saturated heterocycles. The Labute approximate surface area is 111 Å².